The largest absolute Gasteiger partial charge is 0.422 e. The highest BCUT2D eigenvalue weighted by Gasteiger charge is 2.26. The van der Waals surface area contributed by atoms with Crippen LogP contribution in [0.15, 0.2) is 39.5 Å². The third-order valence-corrected chi connectivity index (χ3v) is 3.77. The Bertz CT molecular complexity index is 702. The van der Waals surface area contributed by atoms with Crippen LogP contribution in [-0.2, 0) is 0 Å². The van der Waals surface area contributed by atoms with Gasteiger partial charge >= 0.3 is 5.63 Å². The summed E-state index contributed by atoms with van der Waals surface area (Å²) < 4.78 is 5.21. The second-order valence-electron chi connectivity index (χ2n) is 5.05. The van der Waals surface area contributed by atoms with Crippen molar-refractivity contribution in [3.63, 3.8) is 0 Å². The minimum Gasteiger partial charge on any atom is -0.422 e. The Morgan fingerprint density at radius 3 is 2.95 bits per heavy atom. The van der Waals surface area contributed by atoms with Crippen molar-refractivity contribution in [3.05, 3.63) is 46.3 Å². The molecule has 1 aliphatic heterocycles. The molecule has 1 aromatic carbocycles. The molecule has 0 bridgehead atoms. The van der Waals surface area contributed by atoms with Crippen LogP contribution in [0.5, 0.6) is 0 Å². The fraction of sp³-hybridized carbons (Fsp3) is 0.333. The molecule has 5 heteroatoms. The van der Waals surface area contributed by atoms with Gasteiger partial charge in [-0.25, -0.2) is 4.79 Å². The predicted octanol–water partition coefficient (Wildman–Crippen LogP) is 1.23. The molecule has 0 radical (unpaired) electrons. The lowest BCUT2D eigenvalue weighted by Crippen LogP contribution is -2.40. The van der Waals surface area contributed by atoms with E-state index in [2.05, 4.69) is 5.32 Å². The molecular weight excluding hydrogens is 256 g/mol. The van der Waals surface area contributed by atoms with Gasteiger partial charge < -0.3 is 14.6 Å². The zero-order chi connectivity index (χ0) is 14.1. The van der Waals surface area contributed by atoms with Gasteiger partial charge in [0.1, 0.15) is 11.1 Å². The van der Waals surface area contributed by atoms with E-state index < -0.39 is 5.63 Å². The second kappa shape index (κ2) is 5.09. The number of nitrogens with zero attached hydrogens (tertiary/aromatic N) is 1. The van der Waals surface area contributed by atoms with Gasteiger partial charge in [0.15, 0.2) is 0 Å². The minimum atomic E-state index is -0.577. The molecule has 2 aromatic rings. The van der Waals surface area contributed by atoms with Crippen molar-refractivity contribution in [2.75, 3.05) is 20.1 Å². The number of fused-ring (bicyclic) bond motifs is 1. The molecule has 1 atom stereocenters. The summed E-state index contributed by atoms with van der Waals surface area (Å²) in [4.78, 5) is 26.0. The van der Waals surface area contributed by atoms with E-state index in [1.54, 1.807) is 30.1 Å². The first-order chi connectivity index (χ1) is 9.66. The monoisotopic (exact) mass is 272 g/mol. The normalized spacial score (nSPS) is 18.4. The van der Waals surface area contributed by atoms with Crippen LogP contribution in [0, 0.1) is 0 Å². The van der Waals surface area contributed by atoms with Gasteiger partial charge in [0.05, 0.1) is 0 Å². The number of rotatable bonds is 2. The Labute approximate surface area is 116 Å². The van der Waals surface area contributed by atoms with Crippen molar-refractivity contribution in [1.29, 1.82) is 0 Å². The maximum atomic E-state index is 12.4. The molecule has 0 spiro atoms. The standard InChI is InChI=1S/C15H16N2O3/c1-17(11-6-7-16-9-11)14(18)12-8-10-4-2-3-5-13(10)20-15(12)19/h2-5,8,11,16H,6-7,9H2,1H3. The first-order valence-electron chi connectivity index (χ1n) is 6.67. The fourth-order valence-electron chi connectivity index (χ4n) is 2.54. The summed E-state index contributed by atoms with van der Waals surface area (Å²) in [6.07, 6.45) is 0.904. The first-order valence-corrected chi connectivity index (χ1v) is 6.67. The smallest absolute Gasteiger partial charge is 0.349 e. The lowest BCUT2D eigenvalue weighted by atomic mass is 10.1. The lowest BCUT2D eigenvalue weighted by molar-refractivity contribution is 0.0739. The van der Waals surface area contributed by atoms with Gasteiger partial charge in [0, 0.05) is 25.0 Å². The molecule has 2 heterocycles. The van der Waals surface area contributed by atoms with E-state index in [9.17, 15) is 9.59 Å². The maximum absolute atomic E-state index is 12.4. The van der Waals surface area contributed by atoms with Crippen LogP contribution >= 0.6 is 0 Å². The molecule has 1 aliphatic rings. The van der Waals surface area contributed by atoms with E-state index in [1.165, 1.54) is 0 Å². The van der Waals surface area contributed by atoms with Crippen molar-refractivity contribution in [2.24, 2.45) is 0 Å². The lowest BCUT2D eigenvalue weighted by Gasteiger charge is -2.23. The minimum absolute atomic E-state index is 0.0955. The molecule has 5 nitrogen and oxygen atoms in total. The number of carbonyl (C=O) groups excluding carboxylic acids is 1. The highest BCUT2D eigenvalue weighted by Crippen LogP contribution is 2.15. The van der Waals surface area contributed by atoms with Gasteiger partial charge in [-0.2, -0.15) is 0 Å². The Morgan fingerprint density at radius 1 is 1.40 bits per heavy atom. The summed E-state index contributed by atoms with van der Waals surface area (Å²) in [5.41, 5.74) is 0.0174. The average molecular weight is 272 g/mol. The Kier molecular flexibility index (Phi) is 3.28. The SMILES string of the molecule is CN(C(=O)c1cc2ccccc2oc1=O)C1CCNC1. The molecule has 1 saturated heterocycles. The number of benzene rings is 1. The number of likely N-dealkylation sites (N-methyl/N-ethyl adjacent to an activating group) is 1. The van der Waals surface area contributed by atoms with Crippen LogP contribution in [0.4, 0.5) is 0 Å². The maximum Gasteiger partial charge on any atom is 0.349 e. The molecule has 0 aliphatic carbocycles. The highest BCUT2D eigenvalue weighted by molar-refractivity contribution is 5.96. The van der Waals surface area contributed by atoms with Crippen LogP contribution in [0.2, 0.25) is 0 Å². The molecule has 104 valence electrons. The molecule has 0 saturated carbocycles. The molecule has 3 rings (SSSR count). The molecule has 1 fully saturated rings. The predicted molar refractivity (Wildman–Crippen MR) is 75.9 cm³/mol. The highest BCUT2D eigenvalue weighted by atomic mass is 16.4. The van der Waals surface area contributed by atoms with E-state index >= 15 is 0 Å². The molecular formula is C15H16N2O3. The van der Waals surface area contributed by atoms with Crippen LogP contribution in [-0.4, -0.2) is 37.0 Å². The van der Waals surface area contributed by atoms with E-state index in [0.717, 1.165) is 24.9 Å². The Balaban J connectivity index is 1.98. The first kappa shape index (κ1) is 12.9. The second-order valence-corrected chi connectivity index (χ2v) is 5.05. The average Bonchev–Trinajstić information content (AvgIpc) is 2.99. The summed E-state index contributed by atoms with van der Waals surface area (Å²) >= 11 is 0. The van der Waals surface area contributed by atoms with Gasteiger partial charge in [-0.1, -0.05) is 18.2 Å². The quantitative estimate of drug-likeness (QED) is 0.835. The summed E-state index contributed by atoms with van der Waals surface area (Å²) in [6, 6.07) is 8.93. The van der Waals surface area contributed by atoms with Crippen LogP contribution in [0.3, 0.4) is 0 Å². The number of hydrogen-bond donors (Lipinski definition) is 1. The summed E-state index contributed by atoms with van der Waals surface area (Å²) in [5, 5.41) is 3.97. The molecule has 20 heavy (non-hydrogen) atoms. The fourth-order valence-corrected chi connectivity index (χ4v) is 2.54. The van der Waals surface area contributed by atoms with Crippen molar-refractivity contribution in [2.45, 2.75) is 12.5 Å². The molecule has 1 aromatic heterocycles. The van der Waals surface area contributed by atoms with Crippen LogP contribution in [0.1, 0.15) is 16.8 Å². The van der Waals surface area contributed by atoms with Crippen molar-refractivity contribution < 1.29 is 9.21 Å². The topological polar surface area (TPSA) is 62.6 Å². The van der Waals surface area contributed by atoms with Crippen LogP contribution in [0.25, 0.3) is 11.0 Å². The van der Waals surface area contributed by atoms with E-state index in [4.69, 9.17) is 4.42 Å². The van der Waals surface area contributed by atoms with Gasteiger partial charge in [-0.3, -0.25) is 4.79 Å². The molecule has 1 amide bonds. The Hall–Kier alpha value is -2.14. The number of amides is 1. The van der Waals surface area contributed by atoms with Gasteiger partial charge in [-0.15, -0.1) is 0 Å². The summed E-state index contributed by atoms with van der Waals surface area (Å²) in [5.74, 6) is -0.279. The number of nitrogens with one attached hydrogen (secondary N) is 1. The molecule has 1 N–H and O–H groups in total. The van der Waals surface area contributed by atoms with Crippen molar-refractivity contribution in [3.8, 4) is 0 Å². The summed E-state index contributed by atoms with van der Waals surface area (Å²) in [6.45, 7) is 1.66. The van der Waals surface area contributed by atoms with Gasteiger partial charge in [0.25, 0.3) is 5.91 Å². The molecule has 1 unspecified atom stereocenters. The van der Waals surface area contributed by atoms with E-state index in [-0.39, 0.29) is 17.5 Å². The summed E-state index contributed by atoms with van der Waals surface area (Å²) in [7, 11) is 1.73. The number of para-hydroxylation sites is 1. The van der Waals surface area contributed by atoms with Crippen LogP contribution < -0.4 is 10.9 Å². The van der Waals surface area contributed by atoms with E-state index in [1.807, 2.05) is 12.1 Å². The zero-order valence-electron chi connectivity index (χ0n) is 11.3. The zero-order valence-corrected chi connectivity index (χ0v) is 11.3. The van der Waals surface area contributed by atoms with Gasteiger partial charge in [-0.05, 0) is 25.1 Å². The van der Waals surface area contributed by atoms with E-state index in [0.29, 0.717) is 5.58 Å². The number of hydrogen-bond acceptors (Lipinski definition) is 4. The van der Waals surface area contributed by atoms with Crippen molar-refractivity contribution in [1.82, 2.24) is 10.2 Å². The van der Waals surface area contributed by atoms with Gasteiger partial charge in [0.2, 0.25) is 0 Å². The number of carbonyl (C=O) groups is 1. The third-order valence-electron chi connectivity index (χ3n) is 3.77. The van der Waals surface area contributed by atoms with Crippen molar-refractivity contribution >= 4 is 16.9 Å². The third kappa shape index (κ3) is 2.20. The Morgan fingerprint density at radius 2 is 2.20 bits per heavy atom.